The molecule has 3 rings (SSSR count). The van der Waals surface area contributed by atoms with Crippen LogP contribution in [0.1, 0.15) is 5.69 Å². The lowest BCUT2D eigenvalue weighted by Gasteiger charge is -2.10. The van der Waals surface area contributed by atoms with Gasteiger partial charge in [0.1, 0.15) is 5.82 Å². The number of rotatable bonds is 4. The number of aromatic nitrogens is 2. The van der Waals surface area contributed by atoms with Gasteiger partial charge in [0.05, 0.1) is 0 Å². The first-order chi connectivity index (χ1) is 11.1. The molecule has 0 radical (unpaired) electrons. The van der Waals surface area contributed by atoms with Crippen molar-refractivity contribution in [2.45, 2.75) is 6.92 Å². The Morgan fingerprint density at radius 3 is 2.17 bits per heavy atom. The quantitative estimate of drug-likeness (QED) is 0.602. The third-order valence-electron chi connectivity index (χ3n) is 3.07. The van der Waals surface area contributed by atoms with Crippen molar-refractivity contribution in [3.63, 3.8) is 0 Å². The Balaban J connectivity index is 1.81. The van der Waals surface area contributed by atoms with E-state index in [0.717, 1.165) is 27.4 Å². The molecule has 0 atom stereocenters. The van der Waals surface area contributed by atoms with Crippen molar-refractivity contribution in [2.24, 2.45) is 0 Å². The van der Waals surface area contributed by atoms with Gasteiger partial charge in [-0.1, -0.05) is 27.5 Å². The van der Waals surface area contributed by atoms with Gasteiger partial charge in [-0.05, 0) is 55.5 Å². The van der Waals surface area contributed by atoms with Gasteiger partial charge in [0.15, 0.2) is 0 Å². The van der Waals surface area contributed by atoms with E-state index in [1.165, 1.54) is 0 Å². The predicted octanol–water partition coefficient (Wildman–Crippen LogP) is 5.69. The van der Waals surface area contributed by atoms with E-state index in [4.69, 9.17) is 11.6 Å². The Morgan fingerprint density at radius 2 is 1.48 bits per heavy atom. The number of nitrogens with one attached hydrogen (secondary N) is 2. The average Bonchev–Trinajstić information content (AvgIpc) is 2.51. The minimum Gasteiger partial charge on any atom is -0.340 e. The summed E-state index contributed by atoms with van der Waals surface area (Å²) in [5, 5.41) is 7.15. The molecule has 4 nitrogen and oxygen atoms in total. The molecule has 0 unspecified atom stereocenters. The van der Waals surface area contributed by atoms with E-state index in [0.29, 0.717) is 11.0 Å². The van der Waals surface area contributed by atoms with Crippen molar-refractivity contribution in [3.05, 3.63) is 69.8 Å². The molecule has 0 amide bonds. The smallest absolute Gasteiger partial charge is 0.229 e. The average molecular weight is 390 g/mol. The number of nitrogens with zero attached hydrogens (tertiary/aromatic N) is 2. The molecule has 3 aromatic rings. The second-order valence-corrected chi connectivity index (χ2v) is 6.33. The summed E-state index contributed by atoms with van der Waals surface area (Å²) in [4.78, 5) is 8.90. The van der Waals surface area contributed by atoms with E-state index in [2.05, 4.69) is 36.5 Å². The molecule has 2 N–H and O–H groups in total. The molecule has 0 aliphatic heterocycles. The van der Waals surface area contributed by atoms with E-state index in [1.54, 1.807) is 0 Å². The Hall–Kier alpha value is -2.11. The number of benzene rings is 2. The number of hydrogen-bond donors (Lipinski definition) is 2. The summed E-state index contributed by atoms with van der Waals surface area (Å²) in [6.07, 6.45) is 0. The Kier molecular flexibility index (Phi) is 4.79. The summed E-state index contributed by atoms with van der Waals surface area (Å²) in [7, 11) is 0. The molecule has 23 heavy (non-hydrogen) atoms. The van der Waals surface area contributed by atoms with Crippen molar-refractivity contribution < 1.29 is 0 Å². The number of anilines is 4. The van der Waals surface area contributed by atoms with Crippen LogP contribution in [0.5, 0.6) is 0 Å². The highest BCUT2D eigenvalue weighted by Crippen LogP contribution is 2.21. The fourth-order valence-electron chi connectivity index (χ4n) is 2.03. The molecule has 0 saturated heterocycles. The molecule has 6 heteroatoms. The Bertz CT molecular complexity index is 738. The Labute approximate surface area is 148 Å². The van der Waals surface area contributed by atoms with Crippen molar-refractivity contribution >= 4 is 50.7 Å². The van der Waals surface area contributed by atoms with E-state index in [-0.39, 0.29) is 0 Å². The molecule has 1 aromatic heterocycles. The highest BCUT2D eigenvalue weighted by atomic mass is 79.9. The van der Waals surface area contributed by atoms with E-state index < -0.39 is 0 Å². The van der Waals surface area contributed by atoms with Crippen molar-refractivity contribution in [2.75, 3.05) is 10.6 Å². The van der Waals surface area contributed by atoms with E-state index >= 15 is 0 Å². The molecule has 0 aliphatic carbocycles. The zero-order valence-electron chi connectivity index (χ0n) is 12.3. The summed E-state index contributed by atoms with van der Waals surface area (Å²) in [6.45, 7) is 1.93. The highest BCUT2D eigenvalue weighted by Gasteiger charge is 2.04. The first kappa shape index (κ1) is 15.8. The van der Waals surface area contributed by atoms with Crippen LogP contribution in [0.25, 0.3) is 0 Å². The molecule has 2 aromatic carbocycles. The number of halogens is 2. The third-order valence-corrected chi connectivity index (χ3v) is 3.85. The minimum absolute atomic E-state index is 0.545. The van der Waals surface area contributed by atoms with Crippen molar-refractivity contribution in [1.82, 2.24) is 9.97 Å². The van der Waals surface area contributed by atoms with Crippen LogP contribution in [-0.2, 0) is 0 Å². The van der Waals surface area contributed by atoms with Crippen LogP contribution in [0.3, 0.4) is 0 Å². The van der Waals surface area contributed by atoms with Gasteiger partial charge in [-0.25, -0.2) is 4.98 Å². The first-order valence-electron chi connectivity index (χ1n) is 6.99. The van der Waals surface area contributed by atoms with Crippen LogP contribution in [0.2, 0.25) is 5.02 Å². The van der Waals surface area contributed by atoms with Gasteiger partial charge in [-0.15, -0.1) is 0 Å². The van der Waals surface area contributed by atoms with E-state index in [9.17, 15) is 0 Å². The van der Waals surface area contributed by atoms with E-state index in [1.807, 2.05) is 61.5 Å². The van der Waals surface area contributed by atoms with Crippen LogP contribution in [-0.4, -0.2) is 9.97 Å². The lowest BCUT2D eigenvalue weighted by molar-refractivity contribution is 1.11. The zero-order chi connectivity index (χ0) is 16.2. The zero-order valence-corrected chi connectivity index (χ0v) is 14.7. The molecule has 0 spiro atoms. The SMILES string of the molecule is Cc1cc(Nc2ccc(Cl)cc2)nc(Nc2ccc(Br)cc2)n1. The van der Waals surface area contributed by atoms with Crippen LogP contribution in [0.4, 0.5) is 23.1 Å². The van der Waals surface area contributed by atoms with Crippen LogP contribution in [0.15, 0.2) is 59.1 Å². The molecule has 0 fully saturated rings. The van der Waals surface area contributed by atoms with Crippen LogP contribution < -0.4 is 10.6 Å². The fraction of sp³-hybridized carbons (Fsp3) is 0.0588. The second-order valence-electron chi connectivity index (χ2n) is 4.98. The van der Waals surface area contributed by atoms with Gasteiger partial charge in [-0.3, -0.25) is 0 Å². The summed E-state index contributed by atoms with van der Waals surface area (Å²) in [5.41, 5.74) is 2.72. The number of aryl methyl sites for hydroxylation is 1. The van der Waals surface area contributed by atoms with Crippen molar-refractivity contribution in [1.29, 1.82) is 0 Å². The summed E-state index contributed by atoms with van der Waals surface area (Å²) in [5.74, 6) is 1.27. The summed E-state index contributed by atoms with van der Waals surface area (Å²) in [6, 6.07) is 17.2. The molecular weight excluding hydrogens is 376 g/mol. The maximum Gasteiger partial charge on any atom is 0.229 e. The largest absolute Gasteiger partial charge is 0.340 e. The minimum atomic E-state index is 0.545. The van der Waals surface area contributed by atoms with Crippen LogP contribution >= 0.6 is 27.5 Å². The van der Waals surface area contributed by atoms with Gasteiger partial charge < -0.3 is 10.6 Å². The van der Waals surface area contributed by atoms with Gasteiger partial charge >= 0.3 is 0 Å². The molecule has 0 saturated carbocycles. The fourth-order valence-corrected chi connectivity index (χ4v) is 2.42. The molecule has 0 bridgehead atoms. The lowest BCUT2D eigenvalue weighted by atomic mass is 10.3. The molecular formula is C17H14BrClN4. The van der Waals surface area contributed by atoms with Gasteiger partial charge in [0.25, 0.3) is 0 Å². The summed E-state index contributed by atoms with van der Waals surface area (Å²) < 4.78 is 1.03. The maximum absolute atomic E-state index is 5.90. The molecule has 116 valence electrons. The highest BCUT2D eigenvalue weighted by molar-refractivity contribution is 9.10. The third kappa shape index (κ3) is 4.43. The first-order valence-corrected chi connectivity index (χ1v) is 8.16. The van der Waals surface area contributed by atoms with Gasteiger partial charge in [0, 0.05) is 32.6 Å². The van der Waals surface area contributed by atoms with Gasteiger partial charge in [0.2, 0.25) is 5.95 Å². The van der Waals surface area contributed by atoms with Crippen LogP contribution in [0, 0.1) is 6.92 Å². The summed E-state index contributed by atoms with van der Waals surface area (Å²) >= 11 is 9.32. The van der Waals surface area contributed by atoms with Gasteiger partial charge in [-0.2, -0.15) is 4.98 Å². The monoisotopic (exact) mass is 388 g/mol. The van der Waals surface area contributed by atoms with Crippen molar-refractivity contribution in [3.8, 4) is 0 Å². The standard InChI is InChI=1S/C17H14BrClN4/c1-11-10-16(21-14-8-4-13(19)5-9-14)23-17(20-11)22-15-6-2-12(18)3-7-15/h2-10H,1H3,(H2,20,21,22,23). The lowest BCUT2D eigenvalue weighted by Crippen LogP contribution is -2.02. The Morgan fingerprint density at radius 1 is 0.870 bits per heavy atom. The topological polar surface area (TPSA) is 49.8 Å². The molecule has 1 heterocycles. The second kappa shape index (κ2) is 6.98. The molecule has 0 aliphatic rings. The maximum atomic E-state index is 5.90. The normalized spacial score (nSPS) is 10.4. The predicted molar refractivity (Wildman–Crippen MR) is 98.9 cm³/mol. The number of hydrogen-bond acceptors (Lipinski definition) is 4.